The van der Waals surface area contributed by atoms with Gasteiger partial charge in [0.05, 0.1) is 17.6 Å². The van der Waals surface area contributed by atoms with Crippen LogP contribution >= 0.6 is 0 Å². The fourth-order valence-electron chi connectivity index (χ4n) is 5.57. The first kappa shape index (κ1) is 23.4. The summed E-state index contributed by atoms with van der Waals surface area (Å²) >= 11 is 0. The summed E-state index contributed by atoms with van der Waals surface area (Å²) in [5.41, 5.74) is 4.09. The van der Waals surface area contributed by atoms with E-state index >= 15 is 0 Å². The molecule has 2 fully saturated rings. The molecule has 3 aromatic rings. The molecule has 37 heavy (non-hydrogen) atoms. The Kier molecular flexibility index (Phi) is 5.96. The fraction of sp³-hybridized carbons (Fsp3) is 0.370. The van der Waals surface area contributed by atoms with Crippen molar-refractivity contribution >= 4 is 34.3 Å². The average molecular weight is 502 g/mol. The Balaban J connectivity index is 1.20. The molecule has 192 valence electrons. The monoisotopic (exact) mass is 501 g/mol. The van der Waals surface area contributed by atoms with Crippen LogP contribution in [0.5, 0.6) is 5.88 Å². The molecule has 2 aromatic heterocycles. The zero-order valence-electron chi connectivity index (χ0n) is 21.0. The third-order valence-corrected chi connectivity index (χ3v) is 7.74. The van der Waals surface area contributed by atoms with E-state index in [2.05, 4.69) is 42.8 Å². The maximum Gasteiger partial charge on any atom is 0.263 e. The van der Waals surface area contributed by atoms with Crippen molar-refractivity contribution in [2.45, 2.75) is 31.8 Å². The fourth-order valence-corrected chi connectivity index (χ4v) is 5.57. The number of carbonyl (C=O) groups excluding carboxylic acids is 1. The number of aromatic amines is 1. The maximum atomic E-state index is 13.2. The van der Waals surface area contributed by atoms with E-state index in [1.807, 2.05) is 31.2 Å². The molecule has 2 bridgehead atoms. The summed E-state index contributed by atoms with van der Waals surface area (Å²) in [6.45, 7) is 5.22. The molecular formula is C27H31N7O3. The van der Waals surface area contributed by atoms with E-state index in [0.29, 0.717) is 48.2 Å². The lowest BCUT2D eigenvalue weighted by Crippen LogP contribution is -2.52. The molecule has 2 unspecified atom stereocenters. The molecule has 0 saturated carbocycles. The van der Waals surface area contributed by atoms with Gasteiger partial charge in [-0.15, -0.1) is 0 Å². The molecule has 5 heterocycles. The molecule has 0 spiro atoms. The molecule has 2 atom stereocenters. The van der Waals surface area contributed by atoms with Crippen LogP contribution in [0.4, 0.5) is 28.4 Å². The second-order valence-corrected chi connectivity index (χ2v) is 9.93. The number of carbonyl (C=O) groups is 1. The van der Waals surface area contributed by atoms with Crippen molar-refractivity contribution in [3.05, 3.63) is 64.2 Å². The highest BCUT2D eigenvalue weighted by atomic mass is 16.5. The Morgan fingerprint density at radius 3 is 2.62 bits per heavy atom. The van der Waals surface area contributed by atoms with Crippen molar-refractivity contribution in [2.75, 3.05) is 54.1 Å². The van der Waals surface area contributed by atoms with Crippen LogP contribution in [0, 0.1) is 6.92 Å². The highest BCUT2D eigenvalue weighted by molar-refractivity contribution is 6.08. The summed E-state index contributed by atoms with van der Waals surface area (Å²) in [5.74, 6) is 0.0608. The second-order valence-electron chi connectivity index (χ2n) is 9.93. The number of amides is 1. The third kappa shape index (κ3) is 4.37. The number of piperazine rings is 1. The summed E-state index contributed by atoms with van der Waals surface area (Å²) < 4.78 is 5.60. The number of H-pyrrole nitrogens is 1. The highest BCUT2D eigenvalue weighted by Crippen LogP contribution is 2.35. The molecule has 1 amide bonds. The lowest BCUT2D eigenvalue weighted by Gasteiger charge is -2.40. The zero-order valence-corrected chi connectivity index (χ0v) is 21.0. The van der Waals surface area contributed by atoms with Crippen molar-refractivity contribution in [1.29, 1.82) is 0 Å². The lowest BCUT2D eigenvalue weighted by molar-refractivity contribution is 0.102. The molecule has 3 aliphatic rings. The van der Waals surface area contributed by atoms with Crippen molar-refractivity contribution in [1.82, 2.24) is 14.9 Å². The number of aromatic nitrogens is 2. The Morgan fingerprint density at radius 2 is 1.86 bits per heavy atom. The number of likely N-dealkylation sites (N-methyl/N-ethyl adjacent to an activating group) is 1. The van der Waals surface area contributed by atoms with Crippen molar-refractivity contribution < 1.29 is 9.53 Å². The number of anilines is 5. The number of benzene rings is 1. The lowest BCUT2D eigenvalue weighted by atomic mass is 10.1. The van der Waals surface area contributed by atoms with Crippen LogP contribution in [0.3, 0.4) is 0 Å². The average Bonchev–Trinajstić information content (AvgIpc) is 3.10. The topological polar surface area (TPSA) is 115 Å². The van der Waals surface area contributed by atoms with Crippen LogP contribution < -0.4 is 31.1 Å². The van der Waals surface area contributed by atoms with Gasteiger partial charge in [0.1, 0.15) is 17.9 Å². The molecule has 6 rings (SSSR count). The first-order valence-electron chi connectivity index (χ1n) is 12.7. The highest BCUT2D eigenvalue weighted by Gasteiger charge is 2.37. The molecule has 10 nitrogen and oxygen atoms in total. The van der Waals surface area contributed by atoms with Crippen molar-refractivity contribution in [3.8, 4) is 5.88 Å². The van der Waals surface area contributed by atoms with E-state index in [-0.39, 0.29) is 5.56 Å². The predicted molar refractivity (Wildman–Crippen MR) is 144 cm³/mol. The van der Waals surface area contributed by atoms with Crippen LogP contribution in [0.15, 0.2) is 47.5 Å². The summed E-state index contributed by atoms with van der Waals surface area (Å²) in [6.07, 6.45) is 5.66. The quantitative estimate of drug-likeness (QED) is 0.422. The van der Waals surface area contributed by atoms with Gasteiger partial charge in [-0.1, -0.05) is 0 Å². The standard InChI is InChI=1S/C27H31N7O3/c1-16-22(13-30-27-24(16)28-11-12-37-27)32-21-9-10-29-25(35)23(21)26(36)31-17-3-5-18(6-4-17)34-14-19-7-8-20(15-34)33(19)2/h3-6,9-10,13,19-20,28H,7-8,11-12,14-15H2,1-2H3,(H,31,36)(H2,29,32,35). The van der Waals surface area contributed by atoms with Crippen molar-refractivity contribution in [3.63, 3.8) is 0 Å². The zero-order chi connectivity index (χ0) is 25.5. The molecule has 10 heteroatoms. The summed E-state index contributed by atoms with van der Waals surface area (Å²) in [5, 5.41) is 9.40. The first-order chi connectivity index (χ1) is 18.0. The number of hydrogen-bond acceptors (Lipinski definition) is 8. The van der Waals surface area contributed by atoms with Crippen LogP contribution in [0.2, 0.25) is 0 Å². The maximum absolute atomic E-state index is 13.2. The summed E-state index contributed by atoms with van der Waals surface area (Å²) in [6, 6.07) is 10.7. The van der Waals surface area contributed by atoms with Crippen LogP contribution in [-0.4, -0.2) is 66.1 Å². The molecule has 1 aromatic carbocycles. The van der Waals surface area contributed by atoms with Gasteiger partial charge in [-0.25, -0.2) is 4.98 Å². The van der Waals surface area contributed by atoms with E-state index in [0.717, 1.165) is 30.0 Å². The van der Waals surface area contributed by atoms with Crippen LogP contribution in [0.25, 0.3) is 0 Å². The van der Waals surface area contributed by atoms with Gasteiger partial charge in [-0.3, -0.25) is 14.5 Å². The van der Waals surface area contributed by atoms with Crippen LogP contribution in [-0.2, 0) is 0 Å². The molecule has 4 N–H and O–H groups in total. The minimum Gasteiger partial charge on any atom is -0.474 e. The number of nitrogens with zero attached hydrogens (tertiary/aromatic N) is 3. The van der Waals surface area contributed by atoms with Crippen molar-refractivity contribution in [2.24, 2.45) is 0 Å². The van der Waals surface area contributed by atoms with Gasteiger partial charge in [0.2, 0.25) is 5.88 Å². The molecule has 0 aliphatic carbocycles. The molecule has 3 aliphatic heterocycles. The largest absolute Gasteiger partial charge is 0.474 e. The normalized spacial score (nSPS) is 20.5. The number of hydrogen-bond donors (Lipinski definition) is 4. The number of rotatable bonds is 5. The number of fused-ring (bicyclic) bond motifs is 3. The van der Waals surface area contributed by atoms with E-state index in [1.165, 1.54) is 19.0 Å². The Bertz CT molecular complexity index is 1370. The minimum atomic E-state index is -0.486. The third-order valence-electron chi connectivity index (χ3n) is 7.74. The SMILES string of the molecule is Cc1c(Nc2cc[nH]c(=O)c2C(=O)Nc2ccc(N3CC4CCC(C3)N4C)cc2)cnc2c1NCCO2. The van der Waals surface area contributed by atoms with Gasteiger partial charge in [0, 0.05) is 54.9 Å². The predicted octanol–water partition coefficient (Wildman–Crippen LogP) is 3.16. The van der Waals surface area contributed by atoms with E-state index < -0.39 is 11.5 Å². The number of nitrogens with one attached hydrogen (secondary N) is 4. The van der Waals surface area contributed by atoms with Crippen LogP contribution in [0.1, 0.15) is 28.8 Å². The smallest absolute Gasteiger partial charge is 0.263 e. The van der Waals surface area contributed by atoms with Gasteiger partial charge in [0.15, 0.2) is 0 Å². The van der Waals surface area contributed by atoms with E-state index in [4.69, 9.17) is 4.74 Å². The Morgan fingerprint density at radius 1 is 1.11 bits per heavy atom. The molecule has 2 saturated heterocycles. The Labute approximate surface area is 215 Å². The minimum absolute atomic E-state index is 0.00329. The molecule has 0 radical (unpaired) electrons. The second kappa shape index (κ2) is 9.44. The van der Waals surface area contributed by atoms with Gasteiger partial charge in [-0.2, -0.15) is 0 Å². The first-order valence-corrected chi connectivity index (χ1v) is 12.7. The number of pyridine rings is 2. The summed E-state index contributed by atoms with van der Waals surface area (Å²) in [7, 11) is 2.22. The number of ether oxygens (including phenoxy) is 1. The summed E-state index contributed by atoms with van der Waals surface area (Å²) in [4.78, 5) is 37.9. The van der Waals surface area contributed by atoms with Gasteiger partial charge < -0.3 is 30.6 Å². The van der Waals surface area contributed by atoms with Gasteiger partial charge in [0.25, 0.3) is 11.5 Å². The Hall–Kier alpha value is -4.05. The molecular weight excluding hydrogens is 470 g/mol. The van der Waals surface area contributed by atoms with E-state index in [9.17, 15) is 9.59 Å². The van der Waals surface area contributed by atoms with Gasteiger partial charge in [-0.05, 0) is 57.1 Å². The van der Waals surface area contributed by atoms with E-state index in [1.54, 1.807) is 12.3 Å². The van der Waals surface area contributed by atoms with Gasteiger partial charge >= 0.3 is 0 Å².